The van der Waals surface area contributed by atoms with E-state index < -0.39 is 11.6 Å². The first-order valence-electron chi connectivity index (χ1n) is 7.32. The van der Waals surface area contributed by atoms with Crippen molar-refractivity contribution in [1.82, 2.24) is 5.06 Å². The van der Waals surface area contributed by atoms with E-state index in [1.807, 2.05) is 36.4 Å². The van der Waals surface area contributed by atoms with E-state index >= 15 is 0 Å². The van der Waals surface area contributed by atoms with Gasteiger partial charge in [0.05, 0.1) is 5.57 Å². The number of ketones is 2. The summed E-state index contributed by atoms with van der Waals surface area (Å²) in [4.78, 5) is 30.5. The van der Waals surface area contributed by atoms with Crippen molar-refractivity contribution >= 4 is 17.6 Å². The Hall–Kier alpha value is -3.14. The van der Waals surface area contributed by atoms with Crippen molar-refractivity contribution in [3.8, 4) is 0 Å². The molecule has 1 unspecified atom stereocenters. The van der Waals surface area contributed by atoms with E-state index in [1.54, 1.807) is 35.5 Å². The van der Waals surface area contributed by atoms with Gasteiger partial charge in [-0.3, -0.25) is 9.59 Å². The lowest BCUT2D eigenvalue weighted by atomic mass is 9.89. The first-order valence-corrected chi connectivity index (χ1v) is 7.32. The summed E-state index contributed by atoms with van der Waals surface area (Å²) < 4.78 is 0. The van der Waals surface area contributed by atoms with E-state index in [0.717, 1.165) is 11.1 Å². The van der Waals surface area contributed by atoms with Gasteiger partial charge < -0.3 is 4.84 Å². The molecule has 0 amide bonds. The summed E-state index contributed by atoms with van der Waals surface area (Å²) >= 11 is 0. The third-order valence-corrected chi connectivity index (χ3v) is 4.05. The number of nitrogens with zero attached hydrogens (tertiary/aromatic N) is 1. The number of fused-ring (bicyclic) bond motifs is 3. The van der Waals surface area contributed by atoms with E-state index in [9.17, 15) is 9.59 Å². The van der Waals surface area contributed by atoms with Crippen LogP contribution in [0.2, 0.25) is 0 Å². The molecule has 0 saturated heterocycles. The highest BCUT2D eigenvalue weighted by atomic mass is 16.7. The molecule has 1 atom stereocenters. The number of carbonyl (C=O) groups is 2. The van der Waals surface area contributed by atoms with Crippen LogP contribution in [0.1, 0.15) is 27.5 Å². The minimum absolute atomic E-state index is 0.357. The van der Waals surface area contributed by atoms with Gasteiger partial charge >= 0.3 is 0 Å². The Morgan fingerprint density at radius 1 is 0.913 bits per heavy atom. The molecule has 2 heterocycles. The Bertz CT molecular complexity index is 852. The number of rotatable bonds is 3. The molecule has 112 valence electrons. The summed E-state index contributed by atoms with van der Waals surface area (Å²) in [5, 5.41) is 1.59. The number of hydroxylamine groups is 2. The average molecular weight is 303 g/mol. The Kier molecular flexibility index (Phi) is 3.08. The van der Waals surface area contributed by atoms with Gasteiger partial charge in [-0.15, -0.1) is 0 Å². The monoisotopic (exact) mass is 303 g/mol. The fourth-order valence-electron chi connectivity index (χ4n) is 2.90. The molecule has 4 heteroatoms. The summed E-state index contributed by atoms with van der Waals surface area (Å²) in [5.74, 6) is -1.05. The SMILES string of the molecule is O=C(C(=O)c1ccccc1)C1=CON2C=Cc3ccccc3C12. The number of Topliss-reactive ketones (excluding diaryl/α,β-unsaturated/α-hetero) is 2. The van der Waals surface area contributed by atoms with Gasteiger partial charge in [0.25, 0.3) is 0 Å². The Morgan fingerprint density at radius 2 is 1.65 bits per heavy atom. The Balaban J connectivity index is 1.69. The molecule has 0 bridgehead atoms. The highest BCUT2D eigenvalue weighted by Gasteiger charge is 2.38. The van der Waals surface area contributed by atoms with Crippen LogP contribution in [0.5, 0.6) is 0 Å². The molecule has 2 aliphatic heterocycles. The van der Waals surface area contributed by atoms with Crippen LogP contribution >= 0.6 is 0 Å². The molecule has 2 aromatic carbocycles. The molecule has 0 aliphatic carbocycles. The summed E-state index contributed by atoms with van der Waals surface area (Å²) in [6.45, 7) is 0. The maximum atomic E-state index is 12.7. The molecule has 0 fully saturated rings. The van der Waals surface area contributed by atoms with Crippen molar-refractivity contribution in [1.29, 1.82) is 0 Å². The van der Waals surface area contributed by atoms with Crippen LogP contribution in [0, 0.1) is 0 Å². The van der Waals surface area contributed by atoms with Crippen LogP contribution in [0.3, 0.4) is 0 Å². The normalized spacial score (nSPS) is 17.8. The van der Waals surface area contributed by atoms with Gasteiger partial charge in [0.2, 0.25) is 11.6 Å². The van der Waals surface area contributed by atoms with Crippen molar-refractivity contribution in [2.75, 3.05) is 0 Å². The van der Waals surface area contributed by atoms with Crippen molar-refractivity contribution in [2.45, 2.75) is 6.04 Å². The molecule has 0 aromatic heterocycles. The topological polar surface area (TPSA) is 46.6 Å². The third kappa shape index (κ3) is 2.16. The van der Waals surface area contributed by atoms with Gasteiger partial charge in [-0.2, -0.15) is 0 Å². The van der Waals surface area contributed by atoms with Gasteiger partial charge in [-0.25, -0.2) is 5.06 Å². The van der Waals surface area contributed by atoms with Crippen LogP contribution in [0.25, 0.3) is 6.08 Å². The van der Waals surface area contributed by atoms with Gasteiger partial charge in [-0.1, -0.05) is 54.6 Å². The van der Waals surface area contributed by atoms with Crippen LogP contribution in [-0.2, 0) is 9.63 Å². The molecule has 2 aromatic rings. The molecule has 0 spiro atoms. The van der Waals surface area contributed by atoms with Gasteiger partial charge in [0.15, 0.2) is 0 Å². The van der Waals surface area contributed by atoms with Crippen molar-refractivity contribution in [2.24, 2.45) is 0 Å². The molecule has 0 saturated carbocycles. The zero-order valence-corrected chi connectivity index (χ0v) is 12.2. The zero-order valence-electron chi connectivity index (χ0n) is 12.2. The lowest BCUT2D eigenvalue weighted by Crippen LogP contribution is -2.27. The van der Waals surface area contributed by atoms with Crippen molar-refractivity contribution in [3.63, 3.8) is 0 Å². The van der Waals surface area contributed by atoms with Crippen LogP contribution < -0.4 is 0 Å². The predicted octanol–water partition coefficient (Wildman–Crippen LogP) is 3.30. The molecular formula is C19H13NO3. The summed E-state index contributed by atoms with van der Waals surface area (Å²) in [6.07, 6.45) is 5.07. The average Bonchev–Trinajstić information content (AvgIpc) is 3.06. The summed E-state index contributed by atoms with van der Waals surface area (Å²) in [7, 11) is 0. The highest BCUT2D eigenvalue weighted by Crippen LogP contribution is 2.40. The minimum Gasteiger partial charge on any atom is -0.387 e. The smallest absolute Gasteiger partial charge is 0.235 e. The van der Waals surface area contributed by atoms with Crippen molar-refractivity contribution in [3.05, 3.63) is 89.3 Å². The predicted molar refractivity (Wildman–Crippen MR) is 85.0 cm³/mol. The maximum Gasteiger partial charge on any atom is 0.235 e. The molecule has 4 nitrogen and oxygen atoms in total. The third-order valence-electron chi connectivity index (χ3n) is 4.05. The largest absolute Gasteiger partial charge is 0.387 e. The van der Waals surface area contributed by atoms with E-state index in [4.69, 9.17) is 4.84 Å². The van der Waals surface area contributed by atoms with Gasteiger partial charge in [0.1, 0.15) is 12.3 Å². The van der Waals surface area contributed by atoms with Crippen LogP contribution in [-0.4, -0.2) is 16.6 Å². The number of hydrogen-bond donors (Lipinski definition) is 0. The Labute approximate surface area is 133 Å². The van der Waals surface area contributed by atoms with E-state index in [-0.39, 0.29) is 6.04 Å². The van der Waals surface area contributed by atoms with Crippen molar-refractivity contribution < 1.29 is 14.4 Å². The van der Waals surface area contributed by atoms with Crippen LogP contribution in [0.15, 0.2) is 72.6 Å². The van der Waals surface area contributed by atoms with Gasteiger partial charge in [-0.05, 0) is 17.2 Å². The second kappa shape index (κ2) is 5.25. The highest BCUT2D eigenvalue weighted by molar-refractivity contribution is 6.49. The standard InChI is InChI=1S/C19H13NO3/c21-18(14-7-2-1-3-8-14)19(22)16-12-23-20-11-10-13-6-4-5-9-15(13)17(16)20/h1-12,17H. The zero-order chi connectivity index (χ0) is 15.8. The lowest BCUT2D eigenvalue weighted by Gasteiger charge is -2.27. The maximum absolute atomic E-state index is 12.7. The summed E-state index contributed by atoms with van der Waals surface area (Å²) in [5.41, 5.74) is 2.71. The van der Waals surface area contributed by atoms with Gasteiger partial charge in [0, 0.05) is 11.8 Å². The second-order valence-corrected chi connectivity index (χ2v) is 5.41. The molecule has 4 rings (SSSR count). The fraction of sp³-hybridized carbons (Fsp3) is 0.0526. The fourth-order valence-corrected chi connectivity index (χ4v) is 2.90. The molecule has 0 N–H and O–H groups in total. The first-order chi connectivity index (χ1) is 11.3. The molecule has 2 aliphatic rings. The molecule has 23 heavy (non-hydrogen) atoms. The first kappa shape index (κ1) is 13.5. The molecular weight excluding hydrogens is 290 g/mol. The number of hydrogen-bond acceptors (Lipinski definition) is 4. The van der Waals surface area contributed by atoms with E-state index in [0.29, 0.717) is 11.1 Å². The quantitative estimate of drug-likeness (QED) is 0.645. The van der Waals surface area contributed by atoms with E-state index in [2.05, 4.69) is 0 Å². The number of carbonyl (C=O) groups excluding carboxylic acids is 2. The number of benzene rings is 2. The van der Waals surface area contributed by atoms with E-state index in [1.165, 1.54) is 6.26 Å². The minimum atomic E-state index is -0.534. The Morgan fingerprint density at radius 3 is 2.48 bits per heavy atom. The molecule has 0 radical (unpaired) electrons. The lowest BCUT2D eigenvalue weighted by molar-refractivity contribution is -0.112. The second-order valence-electron chi connectivity index (χ2n) is 5.41. The van der Waals surface area contributed by atoms with Crippen LogP contribution in [0.4, 0.5) is 0 Å². The summed E-state index contributed by atoms with van der Waals surface area (Å²) in [6, 6.07) is 16.0.